The minimum absolute atomic E-state index is 0.0392. The smallest absolute Gasteiger partial charge is 0.304 e. The van der Waals surface area contributed by atoms with E-state index in [9.17, 15) is 48.8 Å². The SMILES string of the molecule is O=C(O)CCSC1=C(/C=C/c2cc(-c3ccc(S(=O)(=O)O)cc3S(=O)(=O)O)[s+]c3ccccc23)C2CCC(C2)/C1=C\C=C1/C=C(c2ccc(S(=O)(=O)O)cc2)Sc2ccccc21. The number of aliphatic carboxylic acids is 1. The summed E-state index contributed by atoms with van der Waals surface area (Å²) in [7, 11) is -14.1. The van der Waals surface area contributed by atoms with Crippen molar-refractivity contribution in [2.24, 2.45) is 11.8 Å². The average Bonchev–Trinajstić information content (AvgIpc) is 3.66. The summed E-state index contributed by atoms with van der Waals surface area (Å²) in [6.07, 6.45) is 13.0. The minimum Gasteiger partial charge on any atom is -0.481 e. The van der Waals surface area contributed by atoms with E-state index in [4.69, 9.17) is 0 Å². The highest BCUT2D eigenvalue weighted by Crippen LogP contribution is 2.53. The van der Waals surface area contributed by atoms with Gasteiger partial charge in [0.2, 0.25) is 20.9 Å². The number of hydrogen-bond acceptors (Lipinski definition) is 9. The molecule has 5 aromatic rings. The zero-order valence-corrected chi connectivity index (χ0v) is 37.3. The molecular formula is C45H37O11S6+. The second-order valence-corrected chi connectivity index (χ2v) is 22.3. The van der Waals surface area contributed by atoms with Crippen LogP contribution in [0.15, 0.2) is 157 Å². The van der Waals surface area contributed by atoms with Crippen LogP contribution in [0.3, 0.4) is 0 Å². The number of benzene rings is 4. The number of carboxylic acid groups (broad SMARTS) is 1. The van der Waals surface area contributed by atoms with Crippen molar-refractivity contribution in [3.63, 3.8) is 0 Å². The molecule has 8 rings (SSSR count). The van der Waals surface area contributed by atoms with Gasteiger partial charge in [0.1, 0.15) is 4.90 Å². The number of carbonyl (C=O) groups is 1. The van der Waals surface area contributed by atoms with E-state index < -0.39 is 46.1 Å². The first kappa shape index (κ1) is 43.9. The minimum atomic E-state index is -4.93. The van der Waals surface area contributed by atoms with Crippen LogP contribution < -0.4 is 0 Å². The highest BCUT2D eigenvalue weighted by Gasteiger charge is 2.37. The van der Waals surface area contributed by atoms with Crippen LogP contribution in [0.4, 0.5) is 0 Å². The summed E-state index contributed by atoms with van der Waals surface area (Å²) in [5.74, 6) is -0.120. The third kappa shape index (κ3) is 9.46. The van der Waals surface area contributed by atoms with Crippen LogP contribution in [0.5, 0.6) is 0 Å². The number of hydrogen-bond donors (Lipinski definition) is 4. The summed E-state index contributed by atoms with van der Waals surface area (Å²) in [4.78, 5) is 13.5. The van der Waals surface area contributed by atoms with Crippen molar-refractivity contribution < 1.29 is 48.8 Å². The van der Waals surface area contributed by atoms with Gasteiger partial charge in [-0.05, 0) is 113 Å². The lowest BCUT2D eigenvalue weighted by Gasteiger charge is -2.28. The summed E-state index contributed by atoms with van der Waals surface area (Å²) in [6.45, 7) is 0. The van der Waals surface area contributed by atoms with Gasteiger partial charge in [-0.2, -0.15) is 25.3 Å². The molecule has 2 heterocycles. The molecule has 0 spiro atoms. The Morgan fingerprint density at radius 1 is 0.758 bits per heavy atom. The normalized spacial score (nSPS) is 19.4. The standard InChI is InChI=1S/C45H36O11S6/c46-44(47)21-22-57-45-36(18-13-30-24-41(58-39-7-3-1-5-34(30)39)27-11-15-32(16-12-27)60(48,49)50)28-9-10-29(23-28)37(45)19-14-31-25-42(59-40-8-4-2-6-35(31)40)38-20-17-33(61(51,52)53)26-43(38)62(54,55)56/h1-8,11-20,24-26,28-29H,9-10,21-23H2,(H3-,46,47,48,49,50,51,52,53,54,55,56)/p+1. The Balaban J connectivity index is 1.24. The van der Waals surface area contributed by atoms with Crippen molar-refractivity contribution in [2.45, 2.75) is 45.3 Å². The van der Waals surface area contributed by atoms with Crippen LogP contribution in [0.2, 0.25) is 0 Å². The van der Waals surface area contributed by atoms with Gasteiger partial charge in [0.25, 0.3) is 30.4 Å². The van der Waals surface area contributed by atoms with Gasteiger partial charge in [0.05, 0.1) is 21.8 Å². The molecule has 1 aromatic heterocycles. The molecule has 2 atom stereocenters. The fraction of sp³-hybridized carbons (Fsp3) is 0.156. The van der Waals surface area contributed by atoms with Gasteiger partial charge in [-0.1, -0.05) is 78.5 Å². The lowest BCUT2D eigenvalue weighted by molar-refractivity contribution is -0.136. The van der Waals surface area contributed by atoms with E-state index in [-0.39, 0.29) is 28.7 Å². The zero-order chi connectivity index (χ0) is 44.0. The molecule has 1 saturated carbocycles. The third-order valence-corrected chi connectivity index (χ3v) is 17.0. The highest BCUT2D eigenvalue weighted by molar-refractivity contribution is 8.08. The topological polar surface area (TPSA) is 200 Å². The van der Waals surface area contributed by atoms with Gasteiger partial charge in [0.15, 0.2) is 0 Å². The van der Waals surface area contributed by atoms with Crippen molar-refractivity contribution in [3.05, 3.63) is 154 Å². The first-order chi connectivity index (χ1) is 29.4. The molecule has 17 heteroatoms. The molecule has 0 radical (unpaired) electrons. The maximum absolute atomic E-state index is 12.6. The van der Waals surface area contributed by atoms with Crippen molar-refractivity contribution in [1.82, 2.24) is 0 Å². The lowest BCUT2D eigenvalue weighted by atomic mass is 9.84. The molecule has 2 aliphatic carbocycles. The third-order valence-electron chi connectivity index (χ3n) is 10.9. The fourth-order valence-corrected chi connectivity index (χ4v) is 13.4. The summed E-state index contributed by atoms with van der Waals surface area (Å²) in [5, 5.41) is 10.5. The van der Waals surface area contributed by atoms with Crippen LogP contribution in [0.1, 0.15) is 42.4 Å². The Kier molecular flexibility index (Phi) is 12.4. The second-order valence-electron chi connectivity index (χ2n) is 14.8. The van der Waals surface area contributed by atoms with Crippen molar-refractivity contribution >= 4 is 97.8 Å². The van der Waals surface area contributed by atoms with Gasteiger partial charge in [-0.25, -0.2) is 0 Å². The maximum atomic E-state index is 12.6. The van der Waals surface area contributed by atoms with E-state index in [0.717, 1.165) is 89.6 Å². The number of carboxylic acids is 1. The fourth-order valence-electron chi connectivity index (χ4n) is 8.02. The van der Waals surface area contributed by atoms with Crippen molar-refractivity contribution in [3.8, 4) is 10.4 Å². The molecule has 1 fully saturated rings. The van der Waals surface area contributed by atoms with Gasteiger partial charge in [-0.3, -0.25) is 18.5 Å². The molecule has 11 nitrogen and oxygen atoms in total. The molecule has 4 aromatic carbocycles. The van der Waals surface area contributed by atoms with E-state index in [1.165, 1.54) is 41.3 Å². The van der Waals surface area contributed by atoms with Crippen LogP contribution in [-0.4, -0.2) is 55.7 Å². The molecule has 318 valence electrons. The molecule has 4 N–H and O–H groups in total. The predicted octanol–water partition coefficient (Wildman–Crippen LogP) is 10.7. The largest absolute Gasteiger partial charge is 0.481 e. The van der Waals surface area contributed by atoms with Crippen LogP contribution >= 0.6 is 34.9 Å². The molecule has 62 heavy (non-hydrogen) atoms. The van der Waals surface area contributed by atoms with E-state index in [2.05, 4.69) is 24.3 Å². The first-order valence-electron chi connectivity index (χ1n) is 19.2. The Morgan fingerprint density at radius 2 is 1.45 bits per heavy atom. The van der Waals surface area contributed by atoms with Crippen LogP contribution in [0.25, 0.3) is 37.1 Å². The highest BCUT2D eigenvalue weighted by atomic mass is 32.2. The summed E-state index contributed by atoms with van der Waals surface area (Å²) in [6, 6.07) is 26.4. The molecule has 1 aliphatic heterocycles. The summed E-state index contributed by atoms with van der Waals surface area (Å²) < 4.78 is 103. The molecule has 2 bridgehead atoms. The Bertz CT molecular complexity index is 3170. The van der Waals surface area contributed by atoms with Gasteiger partial charge in [-0.15, -0.1) is 11.8 Å². The second kappa shape index (κ2) is 17.5. The van der Waals surface area contributed by atoms with E-state index >= 15 is 0 Å². The average molecular weight is 946 g/mol. The Labute approximate surface area is 371 Å². The zero-order valence-electron chi connectivity index (χ0n) is 32.4. The monoisotopic (exact) mass is 945 g/mol. The predicted molar refractivity (Wildman–Crippen MR) is 245 cm³/mol. The maximum Gasteiger partial charge on any atom is 0.304 e. The number of fused-ring (bicyclic) bond motifs is 4. The van der Waals surface area contributed by atoms with Gasteiger partial charge in [0, 0.05) is 38.0 Å². The Morgan fingerprint density at radius 3 is 2.18 bits per heavy atom. The summed E-state index contributed by atoms with van der Waals surface area (Å²) in [5.41, 5.74) is 5.68. The molecule has 0 amide bonds. The molecule has 3 aliphatic rings. The van der Waals surface area contributed by atoms with E-state index in [1.807, 2.05) is 54.6 Å². The van der Waals surface area contributed by atoms with Gasteiger partial charge < -0.3 is 5.11 Å². The van der Waals surface area contributed by atoms with Crippen LogP contribution in [-0.2, 0) is 35.1 Å². The van der Waals surface area contributed by atoms with Crippen molar-refractivity contribution in [2.75, 3.05) is 5.75 Å². The van der Waals surface area contributed by atoms with Crippen LogP contribution in [0, 0.1) is 11.8 Å². The summed E-state index contributed by atoms with van der Waals surface area (Å²) >= 11 is 4.32. The molecule has 2 unspecified atom stereocenters. The first-order valence-corrected chi connectivity index (χ1v) is 26.1. The van der Waals surface area contributed by atoms with Crippen molar-refractivity contribution in [1.29, 1.82) is 0 Å². The number of allylic oxidation sites excluding steroid dienone is 7. The molecular weight excluding hydrogens is 909 g/mol. The van der Waals surface area contributed by atoms with E-state index in [1.54, 1.807) is 30.0 Å². The molecule has 0 saturated heterocycles. The lowest BCUT2D eigenvalue weighted by Crippen LogP contribution is -2.13. The quantitative estimate of drug-likeness (QED) is 0.0681. The Hall–Kier alpha value is -4.69. The van der Waals surface area contributed by atoms with E-state index in [0.29, 0.717) is 10.6 Å². The van der Waals surface area contributed by atoms with Gasteiger partial charge >= 0.3 is 5.97 Å². The number of thioether (sulfide) groups is 2. The number of rotatable bonds is 12.